The second kappa shape index (κ2) is 5.91. The number of hydrogen-bond donors (Lipinski definition) is 2. The van der Waals surface area contributed by atoms with Gasteiger partial charge in [-0.1, -0.05) is 6.07 Å². The van der Waals surface area contributed by atoms with E-state index in [4.69, 9.17) is 15.2 Å². The number of rotatable bonds is 3. The summed E-state index contributed by atoms with van der Waals surface area (Å²) in [5.74, 6) is 1.03. The summed E-state index contributed by atoms with van der Waals surface area (Å²) in [4.78, 5) is 13.9. The average Bonchev–Trinajstić information content (AvgIpc) is 3.06. The Kier molecular flexibility index (Phi) is 3.98. The molecule has 1 fully saturated rings. The number of ether oxygens (including phenoxy) is 2. The molecule has 1 aromatic carbocycles. The van der Waals surface area contributed by atoms with Gasteiger partial charge < -0.3 is 25.2 Å². The van der Waals surface area contributed by atoms with E-state index in [-0.39, 0.29) is 5.91 Å². The lowest BCUT2D eigenvalue weighted by Gasteiger charge is -2.25. The number of amides is 1. The highest BCUT2D eigenvalue weighted by atomic mass is 16.6. The van der Waals surface area contributed by atoms with Gasteiger partial charge in [0.2, 0.25) is 5.91 Å². The molecule has 1 saturated heterocycles. The first-order valence-electron chi connectivity index (χ1n) is 7.29. The van der Waals surface area contributed by atoms with E-state index in [1.165, 1.54) is 0 Å². The fourth-order valence-electron chi connectivity index (χ4n) is 2.73. The third kappa shape index (κ3) is 2.82. The molecule has 3 rings (SSSR count). The predicted octanol–water partition coefficient (Wildman–Crippen LogP) is 0.441. The first-order chi connectivity index (χ1) is 10.2. The number of carbonyl (C=O) groups excluding carboxylic acids is 1. The fraction of sp³-hybridized carbons (Fsp3) is 0.533. The lowest BCUT2D eigenvalue weighted by molar-refractivity contribution is -0.134. The highest BCUT2D eigenvalue weighted by molar-refractivity contribution is 5.82. The smallest absolute Gasteiger partial charge is 0.242 e. The van der Waals surface area contributed by atoms with Crippen molar-refractivity contribution in [3.8, 4) is 11.5 Å². The summed E-state index contributed by atoms with van der Waals surface area (Å²) in [6.45, 7) is 2.44. The SMILES string of the molecule is NC(C(=O)N1CCCC1)[C@@H](O)c1ccc2c(c1)OCCO2. The maximum atomic E-state index is 12.2. The van der Waals surface area contributed by atoms with Gasteiger partial charge in [-0.3, -0.25) is 4.79 Å². The fourth-order valence-corrected chi connectivity index (χ4v) is 2.73. The molecule has 0 aromatic heterocycles. The molecule has 2 aliphatic heterocycles. The summed E-state index contributed by atoms with van der Waals surface area (Å²) in [5, 5.41) is 10.4. The van der Waals surface area contributed by atoms with Gasteiger partial charge in [-0.15, -0.1) is 0 Å². The molecule has 0 bridgehead atoms. The van der Waals surface area contributed by atoms with E-state index in [1.54, 1.807) is 23.1 Å². The van der Waals surface area contributed by atoms with Crippen molar-refractivity contribution >= 4 is 5.91 Å². The molecule has 2 atom stereocenters. The first-order valence-corrected chi connectivity index (χ1v) is 7.29. The van der Waals surface area contributed by atoms with E-state index < -0.39 is 12.1 Å². The van der Waals surface area contributed by atoms with E-state index in [2.05, 4.69) is 0 Å². The summed E-state index contributed by atoms with van der Waals surface area (Å²) in [7, 11) is 0. The Balaban J connectivity index is 1.74. The van der Waals surface area contributed by atoms with E-state index in [0.29, 0.717) is 30.3 Å². The molecule has 0 radical (unpaired) electrons. The van der Waals surface area contributed by atoms with Crippen LogP contribution in [0.4, 0.5) is 0 Å². The molecule has 0 spiro atoms. The van der Waals surface area contributed by atoms with Gasteiger partial charge in [0.05, 0.1) is 0 Å². The van der Waals surface area contributed by atoms with Crippen LogP contribution in [0.5, 0.6) is 11.5 Å². The molecule has 114 valence electrons. The summed E-state index contributed by atoms with van der Waals surface area (Å²) in [6.07, 6.45) is 0.950. The van der Waals surface area contributed by atoms with Gasteiger partial charge in [0.1, 0.15) is 25.4 Å². The zero-order valence-electron chi connectivity index (χ0n) is 11.8. The Hall–Kier alpha value is -1.79. The molecule has 21 heavy (non-hydrogen) atoms. The van der Waals surface area contributed by atoms with Crippen molar-refractivity contribution in [3.05, 3.63) is 23.8 Å². The van der Waals surface area contributed by atoms with Crippen molar-refractivity contribution in [1.82, 2.24) is 4.90 Å². The van der Waals surface area contributed by atoms with E-state index in [0.717, 1.165) is 25.9 Å². The lowest BCUT2D eigenvalue weighted by Crippen LogP contribution is -2.45. The molecule has 2 heterocycles. The molecule has 3 N–H and O–H groups in total. The first kappa shape index (κ1) is 14.2. The van der Waals surface area contributed by atoms with E-state index in [9.17, 15) is 9.90 Å². The maximum absolute atomic E-state index is 12.2. The van der Waals surface area contributed by atoms with Crippen LogP contribution in [-0.4, -0.2) is 48.3 Å². The van der Waals surface area contributed by atoms with Gasteiger partial charge in [0.15, 0.2) is 11.5 Å². The van der Waals surface area contributed by atoms with Crippen molar-refractivity contribution in [2.75, 3.05) is 26.3 Å². The molecular weight excluding hydrogens is 272 g/mol. The lowest BCUT2D eigenvalue weighted by atomic mass is 10.0. The second-order valence-electron chi connectivity index (χ2n) is 5.41. The third-order valence-corrected chi connectivity index (χ3v) is 3.95. The molecule has 1 unspecified atom stereocenters. The zero-order chi connectivity index (χ0) is 14.8. The zero-order valence-corrected chi connectivity index (χ0v) is 11.8. The van der Waals surface area contributed by atoms with Crippen molar-refractivity contribution in [3.63, 3.8) is 0 Å². The second-order valence-corrected chi connectivity index (χ2v) is 5.41. The summed E-state index contributed by atoms with van der Waals surface area (Å²) in [5.41, 5.74) is 6.50. The van der Waals surface area contributed by atoms with Crippen LogP contribution in [0.2, 0.25) is 0 Å². The van der Waals surface area contributed by atoms with E-state index >= 15 is 0 Å². The van der Waals surface area contributed by atoms with Crippen molar-refractivity contribution in [2.24, 2.45) is 5.73 Å². The Morgan fingerprint density at radius 1 is 1.19 bits per heavy atom. The van der Waals surface area contributed by atoms with Gasteiger partial charge in [0, 0.05) is 13.1 Å². The monoisotopic (exact) mass is 292 g/mol. The highest BCUT2D eigenvalue weighted by Gasteiger charge is 2.30. The number of fused-ring (bicyclic) bond motifs is 1. The summed E-state index contributed by atoms with van der Waals surface area (Å²) in [6, 6.07) is 4.19. The number of carbonyl (C=O) groups is 1. The van der Waals surface area contributed by atoms with Gasteiger partial charge in [-0.25, -0.2) is 0 Å². The summed E-state index contributed by atoms with van der Waals surface area (Å²) < 4.78 is 10.9. The minimum absolute atomic E-state index is 0.199. The number of benzene rings is 1. The number of nitrogens with zero attached hydrogens (tertiary/aromatic N) is 1. The van der Waals surface area contributed by atoms with Crippen LogP contribution in [0.25, 0.3) is 0 Å². The minimum atomic E-state index is -1.05. The van der Waals surface area contributed by atoms with Crippen molar-refractivity contribution in [1.29, 1.82) is 0 Å². The molecule has 2 aliphatic rings. The Labute approximate surface area is 123 Å². The predicted molar refractivity (Wildman–Crippen MR) is 76.2 cm³/mol. The molecule has 6 heteroatoms. The minimum Gasteiger partial charge on any atom is -0.486 e. The third-order valence-electron chi connectivity index (χ3n) is 3.95. The maximum Gasteiger partial charge on any atom is 0.242 e. The Bertz CT molecular complexity index is 528. The number of aliphatic hydroxyl groups is 1. The van der Waals surface area contributed by atoms with E-state index in [1.807, 2.05) is 0 Å². The van der Waals surface area contributed by atoms with Crippen molar-refractivity contribution in [2.45, 2.75) is 25.0 Å². The van der Waals surface area contributed by atoms with Crippen LogP contribution in [0.15, 0.2) is 18.2 Å². The standard InChI is InChI=1S/C15H20N2O4/c16-13(15(19)17-5-1-2-6-17)14(18)10-3-4-11-12(9-10)21-8-7-20-11/h3-4,9,13-14,18H,1-2,5-8,16H2/t13?,14-/m0/s1. The van der Waals surface area contributed by atoms with Gasteiger partial charge in [0.25, 0.3) is 0 Å². The molecule has 1 aromatic rings. The van der Waals surface area contributed by atoms with Crippen molar-refractivity contribution < 1.29 is 19.4 Å². The molecule has 1 amide bonds. The van der Waals surface area contributed by atoms with Crippen LogP contribution in [0.1, 0.15) is 24.5 Å². The van der Waals surface area contributed by atoms with Crippen LogP contribution >= 0.6 is 0 Å². The average molecular weight is 292 g/mol. The topological polar surface area (TPSA) is 85.0 Å². The molecule has 6 nitrogen and oxygen atoms in total. The number of aliphatic hydroxyl groups excluding tert-OH is 1. The number of hydrogen-bond acceptors (Lipinski definition) is 5. The largest absolute Gasteiger partial charge is 0.486 e. The highest BCUT2D eigenvalue weighted by Crippen LogP contribution is 2.33. The Morgan fingerprint density at radius 2 is 1.86 bits per heavy atom. The Morgan fingerprint density at radius 3 is 2.57 bits per heavy atom. The molecule has 0 saturated carbocycles. The molecular formula is C15H20N2O4. The van der Waals surface area contributed by atoms with Crippen LogP contribution in [0.3, 0.4) is 0 Å². The van der Waals surface area contributed by atoms with Crippen LogP contribution in [-0.2, 0) is 4.79 Å². The van der Waals surface area contributed by atoms with Gasteiger partial charge >= 0.3 is 0 Å². The van der Waals surface area contributed by atoms with Gasteiger partial charge in [-0.2, -0.15) is 0 Å². The molecule has 0 aliphatic carbocycles. The van der Waals surface area contributed by atoms with Crippen LogP contribution in [0, 0.1) is 0 Å². The normalized spacial score (nSPS) is 20.2. The quantitative estimate of drug-likeness (QED) is 0.844. The number of nitrogens with two attached hydrogens (primary N) is 1. The number of likely N-dealkylation sites (tertiary alicyclic amines) is 1. The van der Waals surface area contributed by atoms with Gasteiger partial charge in [-0.05, 0) is 30.5 Å². The summed E-state index contributed by atoms with van der Waals surface area (Å²) >= 11 is 0. The van der Waals surface area contributed by atoms with Crippen LogP contribution < -0.4 is 15.2 Å².